The second kappa shape index (κ2) is 6.96. The number of hydrogen-bond acceptors (Lipinski definition) is 4. The minimum atomic E-state index is -0.584. The summed E-state index contributed by atoms with van der Waals surface area (Å²) in [7, 11) is 0. The molecule has 0 aliphatic carbocycles. The molecule has 3 aromatic rings. The summed E-state index contributed by atoms with van der Waals surface area (Å²) in [6.45, 7) is 0. The zero-order valence-electron chi connectivity index (χ0n) is 12.5. The Morgan fingerprint density at radius 1 is 1.04 bits per heavy atom. The highest BCUT2D eigenvalue weighted by Crippen LogP contribution is 2.31. The van der Waals surface area contributed by atoms with Gasteiger partial charge in [-0.05, 0) is 36.4 Å². The third-order valence-corrected chi connectivity index (χ3v) is 4.03. The smallest absolute Gasteiger partial charge is 0.291 e. The lowest BCUT2D eigenvalue weighted by molar-refractivity contribution is -0.384. The number of para-hydroxylation sites is 1. The van der Waals surface area contributed by atoms with Crippen LogP contribution < -0.4 is 5.32 Å². The van der Waals surface area contributed by atoms with E-state index in [1.807, 2.05) is 0 Å². The Labute approximate surface area is 152 Å². The molecule has 0 radical (unpaired) electrons. The maximum Gasteiger partial charge on any atom is 0.291 e. The molecule has 0 saturated carbocycles. The van der Waals surface area contributed by atoms with Crippen LogP contribution in [0.25, 0.3) is 11.3 Å². The number of carbonyl (C=O) groups excluding carboxylic acids is 1. The molecule has 0 saturated heterocycles. The van der Waals surface area contributed by atoms with E-state index < -0.39 is 10.8 Å². The van der Waals surface area contributed by atoms with Crippen molar-refractivity contribution in [2.24, 2.45) is 0 Å². The minimum Gasteiger partial charge on any atom is -0.451 e. The zero-order valence-corrected chi connectivity index (χ0v) is 14.0. The van der Waals surface area contributed by atoms with E-state index in [-0.39, 0.29) is 16.5 Å². The van der Waals surface area contributed by atoms with Crippen molar-refractivity contribution >= 4 is 40.5 Å². The molecule has 0 atom stereocenters. The highest BCUT2D eigenvalue weighted by atomic mass is 35.5. The summed E-state index contributed by atoms with van der Waals surface area (Å²) < 4.78 is 5.50. The molecule has 1 amide bonds. The van der Waals surface area contributed by atoms with Crippen LogP contribution in [-0.4, -0.2) is 10.8 Å². The van der Waals surface area contributed by atoms with Gasteiger partial charge in [0, 0.05) is 11.6 Å². The molecule has 0 unspecified atom stereocenters. The van der Waals surface area contributed by atoms with Crippen molar-refractivity contribution in [2.45, 2.75) is 0 Å². The molecule has 6 nitrogen and oxygen atoms in total. The van der Waals surface area contributed by atoms with E-state index in [9.17, 15) is 14.9 Å². The van der Waals surface area contributed by atoms with Gasteiger partial charge in [-0.3, -0.25) is 14.9 Å². The zero-order chi connectivity index (χ0) is 18.0. The van der Waals surface area contributed by atoms with E-state index in [4.69, 9.17) is 27.6 Å². The maximum atomic E-state index is 12.2. The Bertz CT molecular complexity index is 969. The highest BCUT2D eigenvalue weighted by molar-refractivity contribution is 6.34. The van der Waals surface area contributed by atoms with Crippen molar-refractivity contribution in [1.82, 2.24) is 0 Å². The molecule has 1 aromatic heterocycles. The van der Waals surface area contributed by atoms with Crippen LogP contribution in [0.1, 0.15) is 10.6 Å². The Morgan fingerprint density at radius 2 is 1.80 bits per heavy atom. The molecule has 0 aliphatic heterocycles. The Kier molecular flexibility index (Phi) is 4.74. The van der Waals surface area contributed by atoms with Crippen molar-refractivity contribution in [3.05, 3.63) is 80.5 Å². The predicted octanol–water partition coefficient (Wildman–Crippen LogP) is 5.41. The number of nitrogens with zero attached hydrogens (tertiary/aromatic N) is 1. The number of nitro groups is 1. The quantitative estimate of drug-likeness (QED) is 0.486. The molecule has 1 heterocycles. The topological polar surface area (TPSA) is 85.4 Å². The molecular formula is C17H10Cl2N2O4. The van der Waals surface area contributed by atoms with Gasteiger partial charge < -0.3 is 9.73 Å². The number of nitrogens with one attached hydrogen (secondary N) is 1. The summed E-state index contributed by atoms with van der Waals surface area (Å²) in [6.07, 6.45) is 0. The largest absolute Gasteiger partial charge is 0.451 e. The normalized spacial score (nSPS) is 10.5. The van der Waals surface area contributed by atoms with Crippen molar-refractivity contribution in [1.29, 1.82) is 0 Å². The van der Waals surface area contributed by atoms with Gasteiger partial charge >= 0.3 is 0 Å². The summed E-state index contributed by atoms with van der Waals surface area (Å²) in [6, 6.07) is 14.1. The van der Waals surface area contributed by atoms with Crippen LogP contribution in [0.5, 0.6) is 0 Å². The first-order chi connectivity index (χ1) is 12.0. The number of halogens is 2. The van der Waals surface area contributed by atoms with Crippen LogP contribution in [-0.2, 0) is 0 Å². The standard InChI is InChI=1S/C17H10Cl2N2O4/c18-11-3-1-2-4-13(11)20-17(22)16-8-7-15(25-16)10-5-6-12(19)14(9-10)21(23)24/h1-9H,(H,20,22). The van der Waals surface area contributed by atoms with Gasteiger partial charge in [0.15, 0.2) is 5.76 Å². The Hall–Kier alpha value is -2.83. The molecule has 0 spiro atoms. The molecule has 25 heavy (non-hydrogen) atoms. The van der Waals surface area contributed by atoms with Crippen molar-refractivity contribution in [3.63, 3.8) is 0 Å². The molecule has 0 aliphatic rings. The third kappa shape index (κ3) is 3.65. The number of furan rings is 1. The molecule has 3 rings (SSSR count). The van der Waals surface area contributed by atoms with Crippen molar-refractivity contribution in [2.75, 3.05) is 5.32 Å². The first-order valence-electron chi connectivity index (χ1n) is 7.06. The molecule has 0 fully saturated rings. The molecule has 126 valence electrons. The van der Waals surface area contributed by atoms with Gasteiger partial charge in [0.05, 0.1) is 15.6 Å². The van der Waals surface area contributed by atoms with Gasteiger partial charge in [0.25, 0.3) is 11.6 Å². The Balaban J connectivity index is 1.85. The fourth-order valence-electron chi connectivity index (χ4n) is 2.17. The summed E-state index contributed by atoms with van der Waals surface area (Å²) in [5, 5.41) is 14.0. The number of carbonyl (C=O) groups is 1. The second-order valence-corrected chi connectivity index (χ2v) is 5.84. The predicted molar refractivity (Wildman–Crippen MR) is 95.2 cm³/mol. The number of anilines is 1. The lowest BCUT2D eigenvalue weighted by Gasteiger charge is -2.05. The SMILES string of the molecule is O=C(Nc1ccccc1Cl)c1ccc(-c2ccc(Cl)c([N+](=O)[O-])c2)o1. The van der Waals surface area contributed by atoms with Gasteiger partial charge in [-0.15, -0.1) is 0 Å². The van der Waals surface area contributed by atoms with Gasteiger partial charge in [0.2, 0.25) is 0 Å². The van der Waals surface area contributed by atoms with Crippen LogP contribution in [0, 0.1) is 10.1 Å². The fourth-order valence-corrected chi connectivity index (χ4v) is 2.54. The number of rotatable bonds is 4. The van der Waals surface area contributed by atoms with Crippen LogP contribution in [0.4, 0.5) is 11.4 Å². The number of benzene rings is 2. The minimum absolute atomic E-state index is 0.0250. The summed E-state index contributed by atoms with van der Waals surface area (Å²) >= 11 is 11.8. The van der Waals surface area contributed by atoms with E-state index in [1.165, 1.54) is 18.2 Å². The van der Waals surface area contributed by atoms with E-state index in [0.29, 0.717) is 22.0 Å². The number of hydrogen-bond donors (Lipinski definition) is 1. The van der Waals surface area contributed by atoms with E-state index >= 15 is 0 Å². The lowest BCUT2D eigenvalue weighted by atomic mass is 10.1. The molecule has 0 bridgehead atoms. The molecule has 2 aromatic carbocycles. The molecular weight excluding hydrogens is 367 g/mol. The summed E-state index contributed by atoms with van der Waals surface area (Å²) in [4.78, 5) is 22.6. The van der Waals surface area contributed by atoms with Crippen molar-refractivity contribution < 1.29 is 14.1 Å². The van der Waals surface area contributed by atoms with Gasteiger partial charge in [0.1, 0.15) is 10.8 Å². The second-order valence-electron chi connectivity index (χ2n) is 5.02. The van der Waals surface area contributed by atoms with E-state index in [2.05, 4.69) is 5.32 Å². The maximum absolute atomic E-state index is 12.2. The first-order valence-corrected chi connectivity index (χ1v) is 7.81. The average molecular weight is 377 g/mol. The fraction of sp³-hybridized carbons (Fsp3) is 0. The number of nitro benzene ring substituents is 1. The summed E-state index contributed by atoms with van der Waals surface area (Å²) in [5.74, 6) is -0.126. The van der Waals surface area contributed by atoms with Gasteiger partial charge in [-0.2, -0.15) is 0 Å². The highest BCUT2D eigenvalue weighted by Gasteiger charge is 2.17. The van der Waals surface area contributed by atoms with Crippen molar-refractivity contribution in [3.8, 4) is 11.3 Å². The van der Waals surface area contributed by atoms with Crippen LogP contribution in [0.2, 0.25) is 10.0 Å². The lowest BCUT2D eigenvalue weighted by Crippen LogP contribution is -2.11. The third-order valence-electron chi connectivity index (χ3n) is 3.38. The van der Waals surface area contributed by atoms with Crippen LogP contribution in [0.15, 0.2) is 59.0 Å². The van der Waals surface area contributed by atoms with Crippen LogP contribution in [0.3, 0.4) is 0 Å². The first kappa shape index (κ1) is 17.0. The molecule has 8 heteroatoms. The van der Waals surface area contributed by atoms with E-state index in [0.717, 1.165) is 0 Å². The Morgan fingerprint density at radius 3 is 2.52 bits per heavy atom. The molecule has 1 N–H and O–H groups in total. The van der Waals surface area contributed by atoms with Crippen LogP contribution >= 0.6 is 23.2 Å². The monoisotopic (exact) mass is 376 g/mol. The number of amides is 1. The summed E-state index contributed by atoms with van der Waals surface area (Å²) in [5.41, 5.74) is 0.653. The van der Waals surface area contributed by atoms with Gasteiger partial charge in [-0.25, -0.2) is 0 Å². The average Bonchev–Trinajstić information content (AvgIpc) is 3.07. The van der Waals surface area contributed by atoms with E-state index in [1.54, 1.807) is 36.4 Å². The van der Waals surface area contributed by atoms with Gasteiger partial charge in [-0.1, -0.05) is 35.3 Å².